The monoisotopic (exact) mass is 362 g/mol. The fraction of sp³-hybridized carbons (Fsp3) is 0.0769. The molecule has 0 aliphatic rings. The number of nitrogens with zero attached hydrogens (tertiary/aromatic N) is 6. The van der Waals surface area contributed by atoms with E-state index in [9.17, 15) is 9.90 Å². The third-order valence-corrected chi connectivity index (χ3v) is 3.40. The van der Waals surface area contributed by atoms with Crippen molar-refractivity contribution >= 4 is 29.5 Å². The van der Waals surface area contributed by atoms with Crippen molar-refractivity contribution in [2.45, 2.75) is 6.92 Å². The Bertz CT molecular complexity index is 964. The van der Waals surface area contributed by atoms with E-state index in [4.69, 9.17) is 17.3 Å². The number of carbonyl (C=O) groups excluding carboxylic acids is 1. The molecule has 0 bridgehead atoms. The van der Waals surface area contributed by atoms with Crippen LogP contribution in [0.5, 0.6) is 5.75 Å². The van der Waals surface area contributed by atoms with Crippen molar-refractivity contribution in [3.63, 3.8) is 0 Å². The van der Waals surface area contributed by atoms with Crippen LogP contribution >= 0.6 is 11.6 Å². The lowest BCUT2D eigenvalue weighted by atomic mass is 10.2. The van der Waals surface area contributed by atoms with Crippen LogP contribution in [0.25, 0.3) is 5.82 Å². The third-order valence-electron chi connectivity index (χ3n) is 3.17. The number of phenols is 1. The zero-order valence-electron chi connectivity index (χ0n) is 12.7. The molecule has 11 nitrogen and oxygen atoms in total. The van der Waals surface area contributed by atoms with E-state index in [0.717, 1.165) is 0 Å². The highest BCUT2D eigenvalue weighted by Gasteiger charge is 2.20. The fourth-order valence-electron chi connectivity index (χ4n) is 1.92. The van der Waals surface area contributed by atoms with Crippen LogP contribution in [0.15, 0.2) is 27.9 Å². The van der Waals surface area contributed by atoms with Crippen molar-refractivity contribution in [3.05, 3.63) is 40.2 Å². The third kappa shape index (κ3) is 3.26. The Kier molecular flexibility index (Phi) is 4.31. The average Bonchev–Trinajstić information content (AvgIpc) is 3.16. The number of halogens is 1. The van der Waals surface area contributed by atoms with E-state index in [1.54, 1.807) is 6.92 Å². The molecular weight excluding hydrogens is 352 g/mol. The van der Waals surface area contributed by atoms with Crippen LogP contribution in [0, 0.1) is 6.92 Å². The maximum absolute atomic E-state index is 12.2. The molecule has 0 aliphatic carbocycles. The minimum atomic E-state index is -0.614. The minimum absolute atomic E-state index is 0.00871. The first-order chi connectivity index (χ1) is 12.0. The van der Waals surface area contributed by atoms with Crippen LogP contribution in [0.1, 0.15) is 21.7 Å². The highest BCUT2D eigenvalue weighted by atomic mass is 35.5. The van der Waals surface area contributed by atoms with E-state index in [1.807, 2.05) is 0 Å². The number of hydrogen-bond donors (Lipinski definition) is 3. The summed E-state index contributed by atoms with van der Waals surface area (Å²) in [5.74, 6) is -0.513. The summed E-state index contributed by atoms with van der Waals surface area (Å²) in [6, 6.07) is 4.44. The largest absolute Gasteiger partial charge is 0.507 e. The number of phenolic OH excluding ortho intramolecular Hbond substituents is 1. The van der Waals surface area contributed by atoms with Gasteiger partial charge in [-0.15, -0.1) is 5.10 Å². The first kappa shape index (κ1) is 16.4. The summed E-state index contributed by atoms with van der Waals surface area (Å²) >= 11 is 5.83. The van der Waals surface area contributed by atoms with Gasteiger partial charge in [0.15, 0.2) is 5.69 Å². The molecule has 3 aromatic rings. The quantitative estimate of drug-likeness (QED) is 0.451. The predicted octanol–water partition coefficient (Wildman–Crippen LogP) is 0.664. The number of nitrogen functional groups attached to an aromatic ring is 1. The van der Waals surface area contributed by atoms with Gasteiger partial charge in [0.05, 0.1) is 11.9 Å². The van der Waals surface area contributed by atoms with Gasteiger partial charge >= 0.3 is 0 Å². The van der Waals surface area contributed by atoms with Crippen molar-refractivity contribution in [3.8, 4) is 11.6 Å². The van der Waals surface area contributed by atoms with Crippen LogP contribution < -0.4 is 11.2 Å². The Morgan fingerprint density at radius 2 is 2.28 bits per heavy atom. The van der Waals surface area contributed by atoms with E-state index >= 15 is 0 Å². The molecule has 0 saturated carbocycles. The lowest BCUT2D eigenvalue weighted by Gasteiger charge is -2.00. The van der Waals surface area contributed by atoms with E-state index in [-0.39, 0.29) is 23.1 Å². The second kappa shape index (κ2) is 6.57. The second-order valence-electron chi connectivity index (χ2n) is 4.81. The maximum atomic E-state index is 12.2. The van der Waals surface area contributed by atoms with E-state index in [2.05, 4.69) is 35.8 Å². The van der Waals surface area contributed by atoms with Gasteiger partial charge in [0.2, 0.25) is 11.6 Å². The van der Waals surface area contributed by atoms with Crippen LogP contribution in [-0.2, 0) is 0 Å². The summed E-state index contributed by atoms with van der Waals surface area (Å²) < 4.78 is 5.70. The number of anilines is 1. The second-order valence-corrected chi connectivity index (χ2v) is 5.25. The molecule has 3 rings (SSSR count). The van der Waals surface area contributed by atoms with Crippen molar-refractivity contribution in [2.75, 3.05) is 5.73 Å². The number of aromatic hydroxyl groups is 1. The fourth-order valence-corrected chi connectivity index (χ4v) is 2.10. The number of nitrogens with one attached hydrogen (secondary N) is 1. The highest BCUT2D eigenvalue weighted by Crippen LogP contribution is 2.19. The van der Waals surface area contributed by atoms with Gasteiger partial charge in [-0.05, 0) is 35.4 Å². The zero-order chi connectivity index (χ0) is 18.0. The predicted molar refractivity (Wildman–Crippen MR) is 86.5 cm³/mol. The number of benzene rings is 1. The molecule has 0 saturated heterocycles. The normalized spacial score (nSPS) is 11.1. The van der Waals surface area contributed by atoms with Crippen LogP contribution in [0.2, 0.25) is 5.02 Å². The number of carbonyl (C=O) groups is 1. The molecule has 0 fully saturated rings. The molecule has 25 heavy (non-hydrogen) atoms. The Morgan fingerprint density at radius 3 is 3.00 bits per heavy atom. The smallest absolute Gasteiger partial charge is 0.293 e. The number of hydrogen-bond acceptors (Lipinski definition) is 9. The van der Waals surface area contributed by atoms with Gasteiger partial charge in [0.25, 0.3) is 5.91 Å². The Labute approximate surface area is 145 Å². The first-order valence-electron chi connectivity index (χ1n) is 6.80. The Hall–Kier alpha value is -3.47. The van der Waals surface area contributed by atoms with Crippen molar-refractivity contribution in [2.24, 2.45) is 5.10 Å². The van der Waals surface area contributed by atoms with Crippen molar-refractivity contribution < 1.29 is 14.5 Å². The van der Waals surface area contributed by atoms with E-state index < -0.39 is 5.91 Å². The van der Waals surface area contributed by atoms with Gasteiger partial charge < -0.3 is 10.8 Å². The van der Waals surface area contributed by atoms with E-state index in [1.165, 1.54) is 29.1 Å². The molecule has 1 amide bonds. The molecule has 4 N–H and O–H groups in total. The average molecular weight is 363 g/mol. The van der Waals surface area contributed by atoms with E-state index in [0.29, 0.717) is 16.3 Å². The first-order valence-corrected chi connectivity index (χ1v) is 7.18. The topological polar surface area (TPSA) is 157 Å². The molecule has 1 aromatic carbocycles. The molecule has 0 radical (unpaired) electrons. The molecular formula is C13H11ClN8O3. The lowest BCUT2D eigenvalue weighted by Crippen LogP contribution is -2.19. The molecule has 0 unspecified atom stereocenters. The van der Waals surface area contributed by atoms with Crippen LogP contribution in [0.4, 0.5) is 5.82 Å². The van der Waals surface area contributed by atoms with Crippen LogP contribution in [0.3, 0.4) is 0 Å². The summed E-state index contributed by atoms with van der Waals surface area (Å²) in [5, 5.41) is 28.4. The molecule has 128 valence electrons. The number of hydrazone groups is 1. The minimum Gasteiger partial charge on any atom is -0.507 e. The van der Waals surface area contributed by atoms with Gasteiger partial charge in [0.1, 0.15) is 5.75 Å². The standard InChI is InChI=1S/C13H11ClN8O3/c1-6-10(17-21-22(6)12-11(15)19-25-20-12)13(24)18-16-5-7-4-8(14)2-3-9(7)23/h2-5,23H,1H3,(H2,15,19)(H,18,24). The Morgan fingerprint density at radius 1 is 1.48 bits per heavy atom. The Balaban J connectivity index is 1.76. The molecule has 0 spiro atoms. The van der Waals surface area contributed by atoms with Gasteiger partial charge in [-0.3, -0.25) is 4.79 Å². The summed E-state index contributed by atoms with van der Waals surface area (Å²) in [4.78, 5) is 12.2. The SMILES string of the molecule is Cc1c(C(=O)NN=Cc2cc(Cl)ccc2O)nnn1-c1nonc1N. The van der Waals surface area contributed by atoms with Crippen molar-refractivity contribution in [1.82, 2.24) is 30.7 Å². The summed E-state index contributed by atoms with van der Waals surface area (Å²) in [6.07, 6.45) is 1.25. The molecule has 2 heterocycles. The van der Waals surface area contributed by atoms with Gasteiger partial charge in [0, 0.05) is 10.6 Å². The molecule has 0 aliphatic heterocycles. The number of amides is 1. The zero-order valence-corrected chi connectivity index (χ0v) is 13.5. The number of rotatable bonds is 4. The van der Waals surface area contributed by atoms with Crippen LogP contribution in [-0.4, -0.2) is 42.5 Å². The number of nitrogens with two attached hydrogens (primary N) is 1. The number of aromatic nitrogens is 5. The lowest BCUT2D eigenvalue weighted by molar-refractivity contribution is 0.0949. The van der Waals surface area contributed by atoms with Gasteiger partial charge in [-0.1, -0.05) is 16.8 Å². The highest BCUT2D eigenvalue weighted by molar-refractivity contribution is 6.30. The molecule has 12 heteroatoms. The summed E-state index contributed by atoms with van der Waals surface area (Å²) in [7, 11) is 0. The summed E-state index contributed by atoms with van der Waals surface area (Å²) in [5.41, 5.74) is 8.57. The van der Waals surface area contributed by atoms with Gasteiger partial charge in [-0.2, -0.15) is 9.78 Å². The van der Waals surface area contributed by atoms with Crippen molar-refractivity contribution in [1.29, 1.82) is 0 Å². The summed E-state index contributed by atoms with van der Waals surface area (Å²) in [6.45, 7) is 1.59. The molecule has 0 atom stereocenters. The molecule has 2 aromatic heterocycles. The maximum Gasteiger partial charge on any atom is 0.293 e. The van der Waals surface area contributed by atoms with Gasteiger partial charge in [-0.25, -0.2) is 10.1 Å².